The van der Waals surface area contributed by atoms with Gasteiger partial charge in [-0.1, -0.05) is 30.3 Å². The predicted molar refractivity (Wildman–Crippen MR) is 58.7 cm³/mol. The van der Waals surface area contributed by atoms with E-state index in [1.807, 2.05) is 0 Å². The lowest BCUT2D eigenvalue weighted by Gasteiger charge is -2.12. The number of nitrogens with one attached hydrogen (secondary N) is 1. The third kappa shape index (κ3) is 3.02. The summed E-state index contributed by atoms with van der Waals surface area (Å²) in [5, 5.41) is 2.12. The summed E-state index contributed by atoms with van der Waals surface area (Å²) in [5.74, 6) is -2.24. The third-order valence-electron chi connectivity index (χ3n) is 2.10. The van der Waals surface area contributed by atoms with Gasteiger partial charge in [-0.2, -0.15) is 0 Å². The number of hydrogen-bond donors (Lipinski definition) is 1. The maximum Gasteiger partial charge on any atom is 0.241 e. The number of benzene rings is 1. The molecule has 1 N–H and O–H groups in total. The summed E-state index contributed by atoms with van der Waals surface area (Å²) < 4.78 is 0. The second-order valence-corrected chi connectivity index (χ2v) is 3.50. The van der Waals surface area contributed by atoms with Gasteiger partial charge in [0.05, 0.1) is 0 Å². The van der Waals surface area contributed by atoms with E-state index in [0.717, 1.165) is 0 Å². The Morgan fingerprint density at radius 2 is 1.62 bits per heavy atom. The van der Waals surface area contributed by atoms with Crippen molar-refractivity contribution in [2.45, 2.75) is 19.8 Å². The van der Waals surface area contributed by atoms with Crippen molar-refractivity contribution in [3.63, 3.8) is 0 Å². The smallest absolute Gasteiger partial charge is 0.241 e. The first-order valence-corrected chi connectivity index (χ1v) is 4.89. The molecule has 0 radical (unpaired) electrons. The normalized spacial score (nSPS) is 11.6. The zero-order valence-electron chi connectivity index (χ0n) is 9.19. The largest absolute Gasteiger partial charge is 0.299 e. The van der Waals surface area contributed by atoms with Crippen LogP contribution in [0.4, 0.5) is 0 Å². The molecule has 0 spiro atoms. The summed E-state index contributed by atoms with van der Waals surface area (Å²) in [6, 6.07) is 8.65. The highest BCUT2D eigenvalue weighted by Crippen LogP contribution is 2.16. The van der Waals surface area contributed by atoms with E-state index in [4.69, 9.17) is 0 Å². The average molecular weight is 219 g/mol. The molecule has 1 aromatic carbocycles. The first-order valence-electron chi connectivity index (χ1n) is 4.89. The molecule has 1 aromatic rings. The maximum atomic E-state index is 11.6. The Hall–Kier alpha value is -1.97. The number of hydrogen-bond acceptors (Lipinski definition) is 3. The highest BCUT2D eigenvalue weighted by Gasteiger charge is 2.25. The van der Waals surface area contributed by atoms with Gasteiger partial charge in [0.15, 0.2) is 0 Å². The van der Waals surface area contributed by atoms with E-state index in [0.29, 0.717) is 5.56 Å². The molecule has 2 amide bonds. The highest BCUT2D eigenvalue weighted by atomic mass is 16.2. The van der Waals surface area contributed by atoms with E-state index in [1.165, 1.54) is 13.8 Å². The maximum absolute atomic E-state index is 11.6. The Morgan fingerprint density at radius 3 is 2.06 bits per heavy atom. The topological polar surface area (TPSA) is 63.2 Å². The van der Waals surface area contributed by atoms with Crippen LogP contribution in [0, 0.1) is 0 Å². The molecule has 0 saturated heterocycles. The molecule has 1 atom stereocenters. The molecule has 0 aliphatic rings. The van der Waals surface area contributed by atoms with Gasteiger partial charge in [0, 0.05) is 6.92 Å². The monoisotopic (exact) mass is 219 g/mol. The van der Waals surface area contributed by atoms with Crippen molar-refractivity contribution in [1.82, 2.24) is 5.32 Å². The Kier molecular flexibility index (Phi) is 3.94. The number of amides is 2. The minimum absolute atomic E-state index is 0.287. The van der Waals surface area contributed by atoms with Crippen molar-refractivity contribution in [1.29, 1.82) is 0 Å². The summed E-state index contributed by atoms with van der Waals surface area (Å²) in [6.45, 7) is 2.57. The Labute approximate surface area is 93.7 Å². The number of Topliss-reactive ketones (excluding diaryl/α,β-unsaturated/α-hetero) is 1. The zero-order valence-corrected chi connectivity index (χ0v) is 9.19. The second-order valence-electron chi connectivity index (χ2n) is 3.50. The predicted octanol–water partition coefficient (Wildman–Crippen LogP) is 1.02. The standard InChI is InChI=1S/C12H13NO3/c1-8(14)11(12(16)13-9(2)15)10-6-4-3-5-7-10/h3-7,11H,1-2H3,(H,13,15,16)/t11-/m1/s1. The van der Waals surface area contributed by atoms with E-state index in [-0.39, 0.29) is 5.78 Å². The molecule has 16 heavy (non-hydrogen) atoms. The number of imide groups is 1. The number of carbonyl (C=O) groups excluding carboxylic acids is 3. The fourth-order valence-corrected chi connectivity index (χ4v) is 1.46. The molecule has 0 saturated carbocycles. The lowest BCUT2D eigenvalue weighted by atomic mass is 9.94. The summed E-state index contributed by atoms with van der Waals surface area (Å²) in [4.78, 5) is 33.8. The first-order chi connectivity index (χ1) is 7.52. The van der Waals surface area contributed by atoms with Crippen molar-refractivity contribution in [2.24, 2.45) is 0 Å². The van der Waals surface area contributed by atoms with Gasteiger partial charge in [-0.3, -0.25) is 19.7 Å². The highest BCUT2D eigenvalue weighted by molar-refractivity contribution is 6.10. The minimum atomic E-state index is -0.912. The quantitative estimate of drug-likeness (QED) is 0.772. The molecule has 0 aromatic heterocycles. The molecule has 0 aliphatic carbocycles. The molecule has 84 valence electrons. The van der Waals surface area contributed by atoms with Crippen LogP contribution in [-0.2, 0) is 14.4 Å². The van der Waals surface area contributed by atoms with Crippen LogP contribution in [0.25, 0.3) is 0 Å². The SMILES string of the molecule is CC(=O)NC(=O)[C@H](C(C)=O)c1ccccc1. The average Bonchev–Trinajstić information content (AvgIpc) is 2.17. The van der Waals surface area contributed by atoms with Gasteiger partial charge < -0.3 is 0 Å². The summed E-state index contributed by atoms with van der Waals surface area (Å²) >= 11 is 0. The van der Waals surface area contributed by atoms with Crippen molar-refractivity contribution >= 4 is 17.6 Å². The first kappa shape index (κ1) is 12.1. The molecule has 4 nitrogen and oxygen atoms in total. The second kappa shape index (κ2) is 5.21. The Morgan fingerprint density at radius 1 is 1.06 bits per heavy atom. The van der Waals surface area contributed by atoms with Crippen LogP contribution in [0.1, 0.15) is 25.3 Å². The van der Waals surface area contributed by atoms with E-state index in [9.17, 15) is 14.4 Å². The van der Waals surface area contributed by atoms with E-state index < -0.39 is 17.7 Å². The third-order valence-corrected chi connectivity index (χ3v) is 2.10. The van der Waals surface area contributed by atoms with Gasteiger partial charge in [0.1, 0.15) is 11.7 Å². The van der Waals surface area contributed by atoms with Crippen LogP contribution >= 0.6 is 0 Å². The van der Waals surface area contributed by atoms with Crippen molar-refractivity contribution < 1.29 is 14.4 Å². The van der Waals surface area contributed by atoms with Gasteiger partial charge in [-0.15, -0.1) is 0 Å². The zero-order chi connectivity index (χ0) is 12.1. The van der Waals surface area contributed by atoms with Crippen molar-refractivity contribution in [2.75, 3.05) is 0 Å². The molecule has 0 fully saturated rings. The van der Waals surface area contributed by atoms with Crippen LogP contribution in [0.2, 0.25) is 0 Å². The van der Waals surface area contributed by atoms with Gasteiger partial charge >= 0.3 is 0 Å². The van der Waals surface area contributed by atoms with E-state index >= 15 is 0 Å². The van der Waals surface area contributed by atoms with Crippen molar-refractivity contribution in [3.05, 3.63) is 35.9 Å². The van der Waals surface area contributed by atoms with Gasteiger partial charge in [-0.25, -0.2) is 0 Å². The summed E-state index contributed by atoms with van der Waals surface area (Å²) in [5.41, 5.74) is 0.591. The fraction of sp³-hybridized carbons (Fsp3) is 0.250. The summed E-state index contributed by atoms with van der Waals surface area (Å²) in [6.07, 6.45) is 0. The molecule has 0 unspecified atom stereocenters. The fourth-order valence-electron chi connectivity index (χ4n) is 1.46. The lowest BCUT2D eigenvalue weighted by Crippen LogP contribution is -2.35. The molecule has 0 heterocycles. The van der Waals surface area contributed by atoms with Gasteiger partial charge in [0.2, 0.25) is 11.8 Å². The van der Waals surface area contributed by atoms with Gasteiger partial charge in [-0.05, 0) is 12.5 Å². The Bertz CT molecular complexity index is 412. The van der Waals surface area contributed by atoms with E-state index in [2.05, 4.69) is 5.32 Å². The number of rotatable bonds is 3. The lowest BCUT2D eigenvalue weighted by molar-refractivity contribution is -0.133. The minimum Gasteiger partial charge on any atom is -0.299 e. The summed E-state index contributed by atoms with van der Waals surface area (Å²) in [7, 11) is 0. The number of carbonyl (C=O) groups is 3. The van der Waals surface area contributed by atoms with E-state index in [1.54, 1.807) is 30.3 Å². The molecule has 1 rings (SSSR count). The molecular formula is C12H13NO3. The van der Waals surface area contributed by atoms with Crippen LogP contribution in [0.15, 0.2) is 30.3 Å². The van der Waals surface area contributed by atoms with Crippen LogP contribution in [0.5, 0.6) is 0 Å². The van der Waals surface area contributed by atoms with Crippen LogP contribution < -0.4 is 5.32 Å². The Balaban J connectivity index is 2.97. The van der Waals surface area contributed by atoms with Gasteiger partial charge in [0.25, 0.3) is 0 Å². The van der Waals surface area contributed by atoms with Crippen molar-refractivity contribution in [3.8, 4) is 0 Å². The van der Waals surface area contributed by atoms with Crippen LogP contribution in [0.3, 0.4) is 0 Å². The molecule has 4 heteroatoms. The van der Waals surface area contributed by atoms with Crippen LogP contribution in [-0.4, -0.2) is 17.6 Å². The molecule has 0 bridgehead atoms. The number of ketones is 1. The molecular weight excluding hydrogens is 206 g/mol. The molecule has 0 aliphatic heterocycles.